The Hall–Kier alpha value is -3.80. The van der Waals surface area contributed by atoms with Crippen LogP contribution in [0.4, 0.5) is 0 Å². The van der Waals surface area contributed by atoms with Gasteiger partial charge in [-0.2, -0.15) is 40.7 Å². The van der Waals surface area contributed by atoms with Gasteiger partial charge in [-0.15, -0.1) is 0 Å². The Kier molecular flexibility index (Phi) is 6.91. The molecule has 0 aliphatic heterocycles. The minimum atomic E-state index is -0.125. The minimum absolute atomic E-state index is 0. The fraction of sp³-hybridized carbons (Fsp3) is 0.100. The molecule has 0 fully saturated rings. The maximum atomic E-state index is 10.0. The first kappa shape index (κ1) is 25.8. The molecule has 1 N–H and O–H groups in total. The molecule has 0 saturated heterocycles. The number of hydrogen-bond donors (Lipinski definition) is 1. The van der Waals surface area contributed by atoms with Gasteiger partial charge in [0.15, 0.2) is 11.4 Å². The SMILES string of the molecule is CC(=O)/C=C(/C)O.Cc1sc2c3ccc[c-]c3n3ncnc3c2c1-n1c2ccccc2c2ccccc21.[Pt]. The molecule has 0 amide bonds. The van der Waals surface area contributed by atoms with E-state index < -0.39 is 0 Å². The van der Waals surface area contributed by atoms with Gasteiger partial charge in [0, 0.05) is 48.2 Å². The van der Waals surface area contributed by atoms with Crippen molar-refractivity contribution in [3.63, 3.8) is 0 Å². The Bertz CT molecular complexity index is 1960. The Morgan fingerprint density at radius 1 is 0.974 bits per heavy atom. The van der Waals surface area contributed by atoms with Crippen molar-refractivity contribution < 1.29 is 31.0 Å². The van der Waals surface area contributed by atoms with Crippen molar-refractivity contribution in [3.8, 4) is 5.69 Å². The molecule has 8 heteroatoms. The molecule has 0 radical (unpaired) electrons. The summed E-state index contributed by atoms with van der Waals surface area (Å²) >= 11 is 1.82. The van der Waals surface area contributed by atoms with E-state index in [2.05, 4.69) is 82.2 Å². The van der Waals surface area contributed by atoms with Crippen LogP contribution in [0.25, 0.3) is 54.1 Å². The minimum Gasteiger partial charge on any atom is -0.512 e. The first-order valence-electron chi connectivity index (χ1n) is 11.9. The summed E-state index contributed by atoms with van der Waals surface area (Å²) in [6, 6.07) is 26.7. The molecule has 0 spiro atoms. The second-order valence-corrected chi connectivity index (χ2v) is 10.1. The smallest absolute Gasteiger partial charge is 0.163 e. The van der Waals surface area contributed by atoms with Crippen molar-refractivity contribution in [2.75, 3.05) is 0 Å². The topological polar surface area (TPSA) is 72.4 Å². The number of para-hydroxylation sites is 3. The third-order valence-corrected chi connectivity index (χ3v) is 7.46. The summed E-state index contributed by atoms with van der Waals surface area (Å²) in [4.78, 5) is 15.9. The van der Waals surface area contributed by atoms with E-state index in [1.807, 2.05) is 28.0 Å². The largest absolute Gasteiger partial charge is 0.512 e. The molecule has 7 aromatic rings. The fourth-order valence-electron chi connectivity index (χ4n) is 5.02. The van der Waals surface area contributed by atoms with Gasteiger partial charge < -0.3 is 9.67 Å². The van der Waals surface area contributed by atoms with Crippen LogP contribution >= 0.6 is 11.3 Å². The first-order valence-corrected chi connectivity index (χ1v) is 12.7. The normalized spacial score (nSPS) is 11.7. The van der Waals surface area contributed by atoms with E-state index in [9.17, 15) is 4.79 Å². The van der Waals surface area contributed by atoms with Gasteiger partial charge in [0.25, 0.3) is 0 Å². The van der Waals surface area contributed by atoms with Crippen LogP contribution in [0.1, 0.15) is 18.7 Å². The Balaban J connectivity index is 0.000000329. The molecule has 4 heterocycles. The number of benzene rings is 3. The second kappa shape index (κ2) is 10.2. The first-order chi connectivity index (χ1) is 18.0. The number of aliphatic hydroxyl groups excluding tert-OH is 1. The molecule has 0 aliphatic carbocycles. The quantitative estimate of drug-likeness (QED) is 0.117. The number of pyridine rings is 1. The number of ketones is 1. The zero-order valence-electron chi connectivity index (χ0n) is 20.9. The molecule has 0 saturated carbocycles. The molecule has 6 nitrogen and oxygen atoms in total. The van der Waals surface area contributed by atoms with Crippen molar-refractivity contribution in [3.05, 3.63) is 95.8 Å². The van der Waals surface area contributed by atoms with Gasteiger partial charge >= 0.3 is 0 Å². The van der Waals surface area contributed by atoms with Crippen LogP contribution in [0.3, 0.4) is 0 Å². The van der Waals surface area contributed by atoms with E-state index in [4.69, 9.17) is 5.11 Å². The molecule has 0 aliphatic rings. The molecule has 38 heavy (non-hydrogen) atoms. The number of aromatic nitrogens is 4. The van der Waals surface area contributed by atoms with E-state index in [1.54, 1.807) is 6.33 Å². The number of aliphatic hydroxyl groups is 1. The van der Waals surface area contributed by atoms with Crippen LogP contribution in [-0.2, 0) is 25.9 Å². The summed E-state index contributed by atoms with van der Waals surface area (Å²) in [5.74, 6) is -0.0625. The van der Waals surface area contributed by atoms with E-state index in [0.29, 0.717) is 0 Å². The second-order valence-electron chi connectivity index (χ2n) is 8.90. The average molecular weight is 699 g/mol. The summed E-state index contributed by atoms with van der Waals surface area (Å²) in [5.41, 5.74) is 5.45. The van der Waals surface area contributed by atoms with Crippen molar-refractivity contribution >= 4 is 65.6 Å². The zero-order valence-corrected chi connectivity index (χ0v) is 24.0. The Morgan fingerprint density at radius 3 is 2.21 bits per heavy atom. The monoisotopic (exact) mass is 698 g/mol. The number of nitrogens with zero attached hydrogens (tertiary/aromatic N) is 4. The van der Waals surface area contributed by atoms with E-state index in [-0.39, 0.29) is 32.6 Å². The van der Waals surface area contributed by atoms with Gasteiger partial charge in [-0.3, -0.25) is 4.79 Å². The molecule has 0 unspecified atom stereocenters. The predicted molar refractivity (Wildman–Crippen MR) is 151 cm³/mol. The van der Waals surface area contributed by atoms with Gasteiger partial charge in [0.1, 0.15) is 6.33 Å². The molecule has 0 bridgehead atoms. The standard InChI is InChI=1S/C25H15N4S.C5H8O2.Pt/c1-15-23(28-19-11-5-2-8-16(19)17-9-3-6-12-20(17)28)22-24(30-15)18-10-4-7-13-21(18)29-25(22)26-14-27-29;1-4(6)3-5(2)7;/h2-12,14H,1H3;3,6H,1-2H3;/q-1;;/b;4-3-;. The van der Waals surface area contributed by atoms with Crippen molar-refractivity contribution in [2.24, 2.45) is 0 Å². The average Bonchev–Trinajstić information content (AvgIpc) is 3.58. The van der Waals surface area contributed by atoms with Gasteiger partial charge in [0.2, 0.25) is 0 Å². The van der Waals surface area contributed by atoms with Crippen LogP contribution in [0, 0.1) is 13.0 Å². The molecule has 7 rings (SSSR count). The van der Waals surface area contributed by atoms with Crippen molar-refractivity contribution in [2.45, 2.75) is 20.8 Å². The number of allylic oxidation sites excluding steroid dienone is 2. The summed E-state index contributed by atoms with van der Waals surface area (Å²) in [5, 5.41) is 17.7. The molecular formula is C30H23N4O2PtS-. The maximum absolute atomic E-state index is 10.0. The van der Waals surface area contributed by atoms with Gasteiger partial charge in [-0.1, -0.05) is 41.8 Å². The van der Waals surface area contributed by atoms with Gasteiger partial charge in [0.05, 0.1) is 22.5 Å². The number of aryl methyl sites for hydroxylation is 1. The molecule has 192 valence electrons. The van der Waals surface area contributed by atoms with E-state index in [1.165, 1.54) is 57.0 Å². The summed E-state index contributed by atoms with van der Waals surface area (Å²) < 4.78 is 5.55. The third-order valence-electron chi connectivity index (χ3n) is 6.33. The maximum Gasteiger partial charge on any atom is 0.163 e. The Morgan fingerprint density at radius 2 is 1.61 bits per heavy atom. The Labute approximate surface area is 237 Å². The molecular weight excluding hydrogens is 676 g/mol. The summed E-state index contributed by atoms with van der Waals surface area (Å²) in [6.07, 6.45) is 2.80. The van der Waals surface area contributed by atoms with Crippen molar-refractivity contribution in [1.82, 2.24) is 19.2 Å². The van der Waals surface area contributed by atoms with Crippen LogP contribution in [0.15, 0.2) is 84.9 Å². The van der Waals surface area contributed by atoms with Gasteiger partial charge in [-0.25, -0.2) is 9.50 Å². The summed E-state index contributed by atoms with van der Waals surface area (Å²) in [7, 11) is 0. The molecule has 3 aromatic carbocycles. The van der Waals surface area contributed by atoms with Crippen LogP contribution in [-0.4, -0.2) is 30.1 Å². The third kappa shape index (κ3) is 4.12. The molecule has 4 aromatic heterocycles. The number of hydrogen-bond acceptors (Lipinski definition) is 5. The number of carbonyl (C=O) groups excluding carboxylic acids is 1. The van der Waals surface area contributed by atoms with E-state index in [0.717, 1.165) is 21.9 Å². The number of fused-ring (bicyclic) bond motifs is 9. The van der Waals surface area contributed by atoms with Crippen LogP contribution < -0.4 is 0 Å². The zero-order chi connectivity index (χ0) is 25.7. The number of thiophene rings is 1. The predicted octanol–water partition coefficient (Wildman–Crippen LogP) is 7.34. The number of rotatable bonds is 2. The summed E-state index contributed by atoms with van der Waals surface area (Å²) in [6.45, 7) is 5.05. The van der Waals surface area contributed by atoms with Crippen molar-refractivity contribution in [1.29, 1.82) is 0 Å². The van der Waals surface area contributed by atoms with Crippen LogP contribution in [0.5, 0.6) is 0 Å². The molecule has 0 atom stereocenters. The fourth-order valence-corrected chi connectivity index (χ4v) is 6.18. The van der Waals surface area contributed by atoms with E-state index >= 15 is 0 Å². The van der Waals surface area contributed by atoms with Crippen LogP contribution in [0.2, 0.25) is 0 Å². The number of carbonyl (C=O) groups is 1. The van der Waals surface area contributed by atoms with Gasteiger partial charge in [-0.05, 0) is 43.1 Å².